The maximum atomic E-state index is 13.6. The third-order valence-electron chi connectivity index (χ3n) is 6.87. The molecule has 0 saturated heterocycles. The number of amides is 3. The largest absolute Gasteiger partial charge is 0.481 e. The van der Waals surface area contributed by atoms with Gasteiger partial charge in [-0.05, 0) is 30.9 Å². The Labute approximate surface area is 234 Å². The van der Waals surface area contributed by atoms with Crippen LogP contribution in [-0.2, 0) is 22.6 Å². The molecule has 11 nitrogen and oxygen atoms in total. The van der Waals surface area contributed by atoms with E-state index in [9.17, 15) is 14.4 Å². The molecule has 3 heterocycles. The summed E-state index contributed by atoms with van der Waals surface area (Å²) in [6, 6.07) is 11.6. The van der Waals surface area contributed by atoms with Crippen molar-refractivity contribution in [2.24, 2.45) is 5.92 Å². The van der Waals surface area contributed by atoms with Crippen LogP contribution in [0.25, 0.3) is 0 Å². The Hall–Kier alpha value is -4.28. The van der Waals surface area contributed by atoms with Gasteiger partial charge in [0.2, 0.25) is 17.7 Å². The van der Waals surface area contributed by atoms with E-state index < -0.39 is 12.1 Å². The molecule has 0 saturated carbocycles. The monoisotopic (exact) mass is 547 g/mol. The standard InChI is InChI=1S/C29H37N7O4/c1-19(2)26-27-31-20(3)34-36(27)16-15-35(29(39)22-12-13-30-25(18-22)40-4)14-8-11-24(37)32-23(28(38)33-26)17-21-9-6-5-7-10-21/h5-7,9-10,12-13,18-19,23,26H,8,11,14-17H2,1-4H3,(H,32,37)(H,33,38)/t23-,26+/m0/s1. The number of carbonyl (C=O) groups excluding carboxylic acids is 3. The van der Waals surface area contributed by atoms with Crippen molar-refractivity contribution < 1.29 is 19.1 Å². The first-order valence-electron chi connectivity index (χ1n) is 13.6. The van der Waals surface area contributed by atoms with E-state index in [1.807, 2.05) is 44.2 Å². The lowest BCUT2D eigenvalue weighted by molar-refractivity contribution is -0.129. The number of benzene rings is 1. The summed E-state index contributed by atoms with van der Waals surface area (Å²) in [6.07, 6.45) is 2.48. The van der Waals surface area contributed by atoms with E-state index in [2.05, 4.69) is 25.7 Å². The summed E-state index contributed by atoms with van der Waals surface area (Å²) in [7, 11) is 1.50. The number of carbonyl (C=O) groups is 3. The number of rotatable bonds is 5. The molecule has 0 unspecified atom stereocenters. The first-order chi connectivity index (χ1) is 19.2. The predicted molar refractivity (Wildman–Crippen MR) is 148 cm³/mol. The Morgan fingerprint density at radius 1 is 1.10 bits per heavy atom. The van der Waals surface area contributed by atoms with Crippen LogP contribution in [0, 0.1) is 12.8 Å². The van der Waals surface area contributed by atoms with Crippen molar-refractivity contribution in [1.82, 2.24) is 35.3 Å². The molecule has 1 aromatic carbocycles. The summed E-state index contributed by atoms with van der Waals surface area (Å²) in [5.74, 6) is 0.818. The number of hydrogen-bond donors (Lipinski definition) is 2. The lowest BCUT2D eigenvalue weighted by Gasteiger charge is -2.28. The number of nitrogens with one attached hydrogen (secondary N) is 2. The van der Waals surface area contributed by atoms with Gasteiger partial charge in [0.15, 0.2) is 0 Å². The van der Waals surface area contributed by atoms with Crippen LogP contribution in [0.4, 0.5) is 0 Å². The molecule has 0 spiro atoms. The van der Waals surface area contributed by atoms with Crippen molar-refractivity contribution in [2.45, 2.75) is 58.7 Å². The molecule has 2 atom stereocenters. The fraction of sp³-hybridized carbons (Fsp3) is 0.448. The molecule has 0 bridgehead atoms. The Kier molecular flexibility index (Phi) is 9.47. The summed E-state index contributed by atoms with van der Waals surface area (Å²) < 4.78 is 6.96. The minimum Gasteiger partial charge on any atom is -0.481 e. The summed E-state index contributed by atoms with van der Waals surface area (Å²) in [4.78, 5) is 50.5. The number of hydrogen-bond acceptors (Lipinski definition) is 7. The van der Waals surface area contributed by atoms with Crippen LogP contribution < -0.4 is 15.4 Å². The molecule has 2 aromatic heterocycles. The van der Waals surface area contributed by atoms with Crippen LogP contribution in [0.15, 0.2) is 48.7 Å². The van der Waals surface area contributed by atoms with Gasteiger partial charge >= 0.3 is 0 Å². The van der Waals surface area contributed by atoms with Gasteiger partial charge in [-0.25, -0.2) is 14.6 Å². The van der Waals surface area contributed by atoms with Crippen molar-refractivity contribution in [3.05, 3.63) is 71.4 Å². The smallest absolute Gasteiger partial charge is 0.254 e. The quantitative estimate of drug-likeness (QED) is 0.502. The summed E-state index contributed by atoms with van der Waals surface area (Å²) in [5, 5.41) is 10.6. The second-order valence-corrected chi connectivity index (χ2v) is 10.3. The van der Waals surface area contributed by atoms with Gasteiger partial charge < -0.3 is 20.3 Å². The zero-order valence-electron chi connectivity index (χ0n) is 23.5. The van der Waals surface area contributed by atoms with Gasteiger partial charge in [0.05, 0.1) is 19.7 Å². The molecular formula is C29H37N7O4. The molecule has 0 radical (unpaired) electrons. The highest BCUT2D eigenvalue weighted by molar-refractivity contribution is 5.94. The van der Waals surface area contributed by atoms with Crippen LogP contribution in [0.2, 0.25) is 0 Å². The van der Waals surface area contributed by atoms with Crippen LogP contribution >= 0.6 is 0 Å². The van der Waals surface area contributed by atoms with Gasteiger partial charge in [-0.15, -0.1) is 0 Å². The average molecular weight is 548 g/mol. The number of fused-ring (bicyclic) bond motifs is 1. The SMILES string of the molecule is COc1cc(C(=O)N2CCCC(=O)N[C@@H](Cc3ccccc3)C(=O)N[C@H](C(C)C)c3nc(C)nn3CC2)ccn1. The van der Waals surface area contributed by atoms with Crippen LogP contribution in [0.3, 0.4) is 0 Å². The normalized spacial score (nSPS) is 18.9. The van der Waals surface area contributed by atoms with Crippen LogP contribution in [-0.4, -0.2) is 68.6 Å². The molecule has 1 aliphatic rings. The summed E-state index contributed by atoms with van der Waals surface area (Å²) in [6.45, 7) is 6.87. The molecule has 0 fully saturated rings. The molecule has 2 N–H and O–H groups in total. The lowest BCUT2D eigenvalue weighted by atomic mass is 10.0. The summed E-state index contributed by atoms with van der Waals surface area (Å²) >= 11 is 0. The maximum absolute atomic E-state index is 13.6. The number of aryl methyl sites for hydroxylation is 1. The lowest BCUT2D eigenvalue weighted by Crippen LogP contribution is -2.50. The number of aromatic nitrogens is 4. The third kappa shape index (κ3) is 7.22. The van der Waals surface area contributed by atoms with Gasteiger partial charge in [0.25, 0.3) is 5.91 Å². The Balaban J connectivity index is 1.65. The van der Waals surface area contributed by atoms with Gasteiger partial charge in [-0.3, -0.25) is 14.4 Å². The van der Waals surface area contributed by atoms with E-state index in [0.717, 1.165) is 5.56 Å². The second-order valence-electron chi connectivity index (χ2n) is 10.3. The number of pyridine rings is 1. The van der Waals surface area contributed by atoms with Crippen molar-refractivity contribution in [1.29, 1.82) is 0 Å². The molecule has 40 heavy (non-hydrogen) atoms. The van der Waals surface area contributed by atoms with E-state index >= 15 is 0 Å². The molecule has 4 rings (SSSR count). The second kappa shape index (κ2) is 13.2. The van der Waals surface area contributed by atoms with Crippen LogP contribution in [0.5, 0.6) is 5.88 Å². The Morgan fingerprint density at radius 2 is 1.88 bits per heavy atom. The average Bonchev–Trinajstić information content (AvgIpc) is 3.32. The van der Waals surface area contributed by atoms with E-state index in [4.69, 9.17) is 4.74 Å². The highest BCUT2D eigenvalue weighted by Gasteiger charge is 2.30. The van der Waals surface area contributed by atoms with Crippen molar-refractivity contribution in [3.63, 3.8) is 0 Å². The number of nitrogens with zero attached hydrogens (tertiary/aromatic N) is 5. The van der Waals surface area contributed by atoms with Crippen molar-refractivity contribution >= 4 is 17.7 Å². The molecule has 1 aliphatic heterocycles. The third-order valence-corrected chi connectivity index (χ3v) is 6.87. The number of methoxy groups -OCH3 is 1. The first-order valence-corrected chi connectivity index (χ1v) is 13.6. The van der Waals surface area contributed by atoms with Gasteiger partial charge in [-0.1, -0.05) is 44.2 Å². The highest BCUT2D eigenvalue weighted by atomic mass is 16.5. The van der Waals surface area contributed by atoms with Crippen molar-refractivity contribution in [2.75, 3.05) is 20.2 Å². The summed E-state index contributed by atoms with van der Waals surface area (Å²) in [5.41, 5.74) is 1.39. The van der Waals surface area contributed by atoms with Crippen LogP contribution in [0.1, 0.15) is 60.3 Å². The minimum absolute atomic E-state index is 0.00528. The Bertz CT molecular complexity index is 1320. The fourth-order valence-corrected chi connectivity index (χ4v) is 4.77. The zero-order valence-corrected chi connectivity index (χ0v) is 23.5. The van der Waals surface area contributed by atoms with E-state index in [0.29, 0.717) is 55.6 Å². The van der Waals surface area contributed by atoms with E-state index in [-0.39, 0.29) is 30.1 Å². The molecule has 3 aromatic rings. The van der Waals surface area contributed by atoms with Gasteiger partial charge in [-0.2, -0.15) is 5.10 Å². The van der Waals surface area contributed by atoms with Crippen molar-refractivity contribution in [3.8, 4) is 5.88 Å². The van der Waals surface area contributed by atoms with E-state index in [1.54, 1.807) is 28.6 Å². The minimum atomic E-state index is -0.765. The molecule has 11 heteroatoms. The Morgan fingerprint density at radius 3 is 2.60 bits per heavy atom. The topological polar surface area (TPSA) is 131 Å². The first kappa shape index (κ1) is 28.7. The molecule has 0 aliphatic carbocycles. The molecule has 3 amide bonds. The predicted octanol–water partition coefficient (Wildman–Crippen LogP) is 2.47. The van der Waals surface area contributed by atoms with Gasteiger partial charge in [0.1, 0.15) is 17.7 Å². The van der Waals surface area contributed by atoms with E-state index in [1.165, 1.54) is 13.3 Å². The zero-order chi connectivity index (χ0) is 28.6. The highest BCUT2D eigenvalue weighted by Crippen LogP contribution is 2.22. The molecule has 212 valence electrons. The molecular weight excluding hydrogens is 510 g/mol. The number of ether oxygens (including phenoxy) is 1. The fourth-order valence-electron chi connectivity index (χ4n) is 4.77. The van der Waals surface area contributed by atoms with Gasteiger partial charge in [0, 0.05) is 43.8 Å². The maximum Gasteiger partial charge on any atom is 0.254 e.